The van der Waals surface area contributed by atoms with E-state index in [4.69, 9.17) is 9.15 Å². The van der Waals surface area contributed by atoms with Crippen LogP contribution in [0.3, 0.4) is 0 Å². The van der Waals surface area contributed by atoms with Crippen LogP contribution in [0.5, 0.6) is 5.75 Å². The molecule has 0 N–H and O–H groups in total. The van der Waals surface area contributed by atoms with Gasteiger partial charge in [0.05, 0.1) is 15.4 Å². The maximum Gasteiger partial charge on any atom is 0.280 e. The highest BCUT2D eigenvalue weighted by molar-refractivity contribution is 6.09. The van der Waals surface area contributed by atoms with E-state index in [-0.39, 0.29) is 23.5 Å². The van der Waals surface area contributed by atoms with Crippen LogP contribution in [-0.4, -0.2) is 15.6 Å². The number of ether oxygens (including phenoxy) is 1. The van der Waals surface area contributed by atoms with Crippen LogP contribution in [-0.2, 0) is 6.61 Å². The van der Waals surface area contributed by atoms with E-state index in [1.807, 2.05) is 0 Å². The van der Waals surface area contributed by atoms with Crippen molar-refractivity contribution in [1.29, 1.82) is 0 Å². The first-order valence-corrected chi connectivity index (χ1v) is 8.77. The molecular weight excluding hydrogens is 392 g/mol. The predicted molar refractivity (Wildman–Crippen MR) is 107 cm³/mol. The van der Waals surface area contributed by atoms with Crippen molar-refractivity contribution < 1.29 is 23.8 Å². The van der Waals surface area contributed by atoms with Gasteiger partial charge in [0.25, 0.3) is 11.4 Å². The molecule has 0 aliphatic carbocycles. The first-order valence-electron chi connectivity index (χ1n) is 8.77. The fourth-order valence-corrected chi connectivity index (χ4v) is 2.73. The highest BCUT2D eigenvalue weighted by atomic mass is 16.6. The number of carbonyl (C=O) groups is 1. The number of aryl methyl sites for hydroxylation is 1. The Morgan fingerprint density at radius 3 is 2.47 bits per heavy atom. The molecule has 0 spiro atoms. The minimum atomic E-state index is -0.608. The van der Waals surface area contributed by atoms with Crippen LogP contribution in [0.4, 0.5) is 11.4 Å². The highest BCUT2D eigenvalue weighted by Crippen LogP contribution is 2.24. The maximum absolute atomic E-state index is 12.3. The second-order valence-electron chi connectivity index (χ2n) is 6.27. The Bertz CT molecular complexity index is 1150. The second-order valence-corrected chi connectivity index (χ2v) is 6.27. The van der Waals surface area contributed by atoms with Crippen LogP contribution in [0.1, 0.15) is 27.4 Å². The molecule has 3 rings (SSSR count). The first-order chi connectivity index (χ1) is 14.3. The third-order valence-corrected chi connectivity index (χ3v) is 4.19. The van der Waals surface area contributed by atoms with Gasteiger partial charge in [0.1, 0.15) is 23.9 Å². The van der Waals surface area contributed by atoms with Gasteiger partial charge in [0.15, 0.2) is 5.78 Å². The molecule has 0 amide bonds. The highest BCUT2D eigenvalue weighted by Gasteiger charge is 2.17. The van der Waals surface area contributed by atoms with E-state index in [2.05, 4.69) is 0 Å². The Morgan fingerprint density at radius 2 is 1.77 bits per heavy atom. The van der Waals surface area contributed by atoms with E-state index in [9.17, 15) is 25.0 Å². The fourth-order valence-electron chi connectivity index (χ4n) is 2.73. The van der Waals surface area contributed by atoms with Crippen LogP contribution in [0, 0.1) is 27.2 Å². The second kappa shape index (κ2) is 8.82. The molecule has 2 aromatic carbocycles. The molecule has 0 saturated carbocycles. The number of hydrogen-bond acceptors (Lipinski definition) is 7. The molecule has 0 aliphatic rings. The van der Waals surface area contributed by atoms with Gasteiger partial charge in [-0.05, 0) is 49.4 Å². The van der Waals surface area contributed by atoms with E-state index in [1.165, 1.54) is 42.5 Å². The largest absolute Gasteiger partial charge is 0.486 e. The van der Waals surface area contributed by atoms with Gasteiger partial charge < -0.3 is 9.15 Å². The van der Waals surface area contributed by atoms with E-state index in [0.29, 0.717) is 22.8 Å². The van der Waals surface area contributed by atoms with Crippen LogP contribution in [0.25, 0.3) is 6.08 Å². The van der Waals surface area contributed by atoms with E-state index in [1.54, 1.807) is 31.2 Å². The van der Waals surface area contributed by atoms with E-state index < -0.39 is 15.6 Å². The Hall–Kier alpha value is -4.27. The average Bonchev–Trinajstić information content (AvgIpc) is 3.18. The summed E-state index contributed by atoms with van der Waals surface area (Å²) in [6.07, 6.45) is 2.62. The van der Waals surface area contributed by atoms with Crippen molar-refractivity contribution >= 4 is 23.2 Å². The molecule has 0 radical (unpaired) electrons. The van der Waals surface area contributed by atoms with Crippen molar-refractivity contribution in [3.63, 3.8) is 0 Å². The number of para-hydroxylation sites is 1. The molecule has 152 valence electrons. The summed E-state index contributed by atoms with van der Waals surface area (Å²) in [6, 6.07) is 13.4. The van der Waals surface area contributed by atoms with Crippen molar-refractivity contribution in [3.05, 3.63) is 104 Å². The number of nitrogens with zero attached hydrogens (tertiary/aromatic N) is 2. The fraction of sp³-hybridized carbons (Fsp3) is 0.0952. The third-order valence-electron chi connectivity index (χ3n) is 4.19. The summed E-state index contributed by atoms with van der Waals surface area (Å²) in [5, 5.41) is 21.9. The lowest BCUT2D eigenvalue weighted by atomic mass is 10.1. The Balaban J connectivity index is 1.64. The zero-order chi connectivity index (χ0) is 21.7. The Labute approximate surface area is 170 Å². The quantitative estimate of drug-likeness (QED) is 0.225. The van der Waals surface area contributed by atoms with Crippen LogP contribution in [0.2, 0.25) is 0 Å². The SMILES string of the molecule is Cc1cc(OCc2ccc(/C=C/C(=O)c3ccccc3[N+](=O)[O-])o2)ccc1[N+](=O)[O-]. The van der Waals surface area contributed by atoms with Gasteiger partial charge >= 0.3 is 0 Å². The number of allylic oxidation sites excluding steroid dienone is 1. The van der Waals surface area contributed by atoms with Gasteiger partial charge in [-0.1, -0.05) is 12.1 Å². The number of benzene rings is 2. The summed E-state index contributed by atoms with van der Waals surface area (Å²) in [4.78, 5) is 33.1. The molecule has 0 atom stereocenters. The summed E-state index contributed by atoms with van der Waals surface area (Å²) < 4.78 is 11.1. The zero-order valence-electron chi connectivity index (χ0n) is 15.8. The standard InChI is InChI=1S/C21H16N2O7/c1-14-12-16(8-10-19(14)22(25)26)29-13-17-7-6-15(30-17)9-11-21(24)18-4-2-3-5-20(18)23(27)28/h2-12H,13H2,1H3/b11-9+. The van der Waals surface area contributed by atoms with Gasteiger partial charge in [-0.3, -0.25) is 25.0 Å². The Kier molecular flexibility index (Phi) is 6.02. The lowest BCUT2D eigenvalue weighted by Crippen LogP contribution is -2.00. The minimum Gasteiger partial charge on any atom is -0.486 e. The van der Waals surface area contributed by atoms with Gasteiger partial charge in [-0.2, -0.15) is 0 Å². The lowest BCUT2D eigenvalue weighted by molar-refractivity contribution is -0.385. The van der Waals surface area contributed by atoms with Crippen molar-refractivity contribution in [1.82, 2.24) is 0 Å². The number of hydrogen-bond donors (Lipinski definition) is 0. The summed E-state index contributed by atoms with van der Waals surface area (Å²) in [5.41, 5.74) is 0.214. The predicted octanol–water partition coefficient (Wildman–Crippen LogP) is 4.88. The van der Waals surface area contributed by atoms with Gasteiger partial charge in [0.2, 0.25) is 0 Å². The monoisotopic (exact) mass is 408 g/mol. The number of ketones is 1. The maximum atomic E-state index is 12.3. The van der Waals surface area contributed by atoms with Gasteiger partial charge in [0, 0.05) is 17.7 Å². The molecule has 1 heterocycles. The molecule has 0 bridgehead atoms. The molecule has 0 fully saturated rings. The third kappa shape index (κ3) is 4.76. The molecule has 3 aromatic rings. The number of furan rings is 1. The van der Waals surface area contributed by atoms with Crippen LogP contribution >= 0.6 is 0 Å². The van der Waals surface area contributed by atoms with Gasteiger partial charge in [-0.25, -0.2) is 0 Å². The number of carbonyl (C=O) groups excluding carboxylic acids is 1. The zero-order valence-corrected chi connectivity index (χ0v) is 15.8. The van der Waals surface area contributed by atoms with E-state index >= 15 is 0 Å². The lowest BCUT2D eigenvalue weighted by Gasteiger charge is -2.05. The van der Waals surface area contributed by atoms with Crippen molar-refractivity contribution in [2.75, 3.05) is 0 Å². The molecule has 9 nitrogen and oxygen atoms in total. The van der Waals surface area contributed by atoms with E-state index in [0.717, 1.165) is 0 Å². The average molecular weight is 408 g/mol. The number of nitro benzene ring substituents is 2. The van der Waals surface area contributed by atoms with Gasteiger partial charge in [-0.15, -0.1) is 0 Å². The summed E-state index contributed by atoms with van der Waals surface area (Å²) >= 11 is 0. The molecule has 1 aromatic heterocycles. The smallest absolute Gasteiger partial charge is 0.280 e. The minimum absolute atomic E-state index is 0.0103. The first kappa shape index (κ1) is 20.5. The molecule has 30 heavy (non-hydrogen) atoms. The normalized spacial score (nSPS) is 10.8. The van der Waals surface area contributed by atoms with Crippen molar-refractivity contribution in [2.45, 2.75) is 13.5 Å². The molecule has 9 heteroatoms. The number of rotatable bonds is 8. The van der Waals surface area contributed by atoms with Crippen molar-refractivity contribution in [3.8, 4) is 5.75 Å². The summed E-state index contributed by atoms with van der Waals surface area (Å²) in [5.74, 6) is 0.792. The molecule has 0 saturated heterocycles. The van der Waals surface area contributed by atoms with Crippen LogP contribution in [0.15, 0.2) is 65.1 Å². The molecular formula is C21H16N2O7. The Morgan fingerprint density at radius 1 is 1.03 bits per heavy atom. The topological polar surface area (TPSA) is 126 Å². The molecule has 0 aliphatic heterocycles. The summed E-state index contributed by atoms with van der Waals surface area (Å²) in [6.45, 7) is 1.71. The van der Waals surface area contributed by atoms with Crippen LogP contribution < -0.4 is 4.74 Å². The number of nitro groups is 2. The molecule has 0 unspecified atom stereocenters. The summed E-state index contributed by atoms with van der Waals surface area (Å²) in [7, 11) is 0. The van der Waals surface area contributed by atoms with Crippen molar-refractivity contribution in [2.24, 2.45) is 0 Å².